The van der Waals surface area contributed by atoms with E-state index in [-0.39, 0.29) is 12.7 Å². The third-order valence-corrected chi connectivity index (χ3v) is 2.13. The second-order valence-electron chi connectivity index (χ2n) is 3.28. The molecule has 0 fully saturated rings. The van der Waals surface area contributed by atoms with E-state index >= 15 is 0 Å². The molecule has 0 saturated carbocycles. The van der Waals surface area contributed by atoms with Gasteiger partial charge in [0.2, 0.25) is 0 Å². The van der Waals surface area contributed by atoms with Crippen molar-refractivity contribution in [1.29, 1.82) is 0 Å². The molecule has 2 heteroatoms. The Labute approximate surface area is 85.5 Å². The van der Waals surface area contributed by atoms with Crippen LogP contribution in [-0.2, 0) is 4.74 Å². The highest BCUT2D eigenvalue weighted by Gasteiger charge is 2.09. The number of benzene rings is 1. The first-order valence-corrected chi connectivity index (χ1v) is 5.16. The van der Waals surface area contributed by atoms with E-state index in [1.165, 1.54) is 5.56 Å². The number of hydrogen-bond acceptors (Lipinski definition) is 2. The molecule has 1 aromatic rings. The van der Waals surface area contributed by atoms with Crippen molar-refractivity contribution in [2.24, 2.45) is 0 Å². The smallest absolute Gasteiger partial charge is 0.0826 e. The van der Waals surface area contributed by atoms with Gasteiger partial charge in [0.25, 0.3) is 0 Å². The SMILES string of the molecule is CCCC(OCCO)c1ccccc1. The third kappa shape index (κ3) is 3.48. The summed E-state index contributed by atoms with van der Waals surface area (Å²) in [5.74, 6) is 0. The largest absolute Gasteiger partial charge is 0.394 e. The highest BCUT2D eigenvalue weighted by Crippen LogP contribution is 2.21. The van der Waals surface area contributed by atoms with Gasteiger partial charge in [-0.2, -0.15) is 0 Å². The minimum absolute atomic E-state index is 0.0903. The minimum Gasteiger partial charge on any atom is -0.394 e. The van der Waals surface area contributed by atoms with Crippen LogP contribution in [0.4, 0.5) is 0 Å². The Kier molecular flexibility index (Phi) is 5.27. The van der Waals surface area contributed by atoms with Crippen LogP contribution >= 0.6 is 0 Å². The normalized spacial score (nSPS) is 12.7. The lowest BCUT2D eigenvalue weighted by atomic mass is 10.1. The molecular formula is C12H18O2. The molecule has 1 aromatic carbocycles. The summed E-state index contributed by atoms with van der Waals surface area (Å²) in [4.78, 5) is 0. The van der Waals surface area contributed by atoms with Crippen molar-refractivity contribution in [1.82, 2.24) is 0 Å². The predicted octanol–water partition coefficient (Wildman–Crippen LogP) is 2.54. The molecule has 2 nitrogen and oxygen atoms in total. The van der Waals surface area contributed by atoms with Gasteiger partial charge < -0.3 is 9.84 Å². The fourth-order valence-corrected chi connectivity index (χ4v) is 1.47. The monoisotopic (exact) mass is 194 g/mol. The van der Waals surface area contributed by atoms with Crippen LogP contribution in [0.25, 0.3) is 0 Å². The summed E-state index contributed by atoms with van der Waals surface area (Å²) in [5, 5.41) is 8.71. The molecule has 1 atom stereocenters. The first-order valence-electron chi connectivity index (χ1n) is 5.16. The Bertz CT molecular complexity index is 233. The molecule has 0 aliphatic rings. The number of rotatable bonds is 6. The number of aliphatic hydroxyl groups is 1. The van der Waals surface area contributed by atoms with Crippen LogP contribution in [0.2, 0.25) is 0 Å². The average molecular weight is 194 g/mol. The number of aliphatic hydroxyl groups excluding tert-OH is 1. The third-order valence-electron chi connectivity index (χ3n) is 2.13. The van der Waals surface area contributed by atoms with E-state index in [0.29, 0.717) is 6.61 Å². The van der Waals surface area contributed by atoms with Crippen molar-refractivity contribution in [2.45, 2.75) is 25.9 Å². The molecule has 78 valence electrons. The van der Waals surface area contributed by atoms with Gasteiger partial charge in [-0.05, 0) is 12.0 Å². The van der Waals surface area contributed by atoms with Crippen molar-refractivity contribution in [3.05, 3.63) is 35.9 Å². The Morgan fingerprint density at radius 2 is 2.00 bits per heavy atom. The molecule has 0 radical (unpaired) electrons. The Morgan fingerprint density at radius 3 is 2.57 bits per heavy atom. The predicted molar refractivity (Wildman–Crippen MR) is 57.1 cm³/mol. The first kappa shape index (κ1) is 11.2. The van der Waals surface area contributed by atoms with Gasteiger partial charge in [-0.3, -0.25) is 0 Å². The maximum absolute atomic E-state index is 8.71. The quantitative estimate of drug-likeness (QED) is 0.754. The van der Waals surface area contributed by atoms with Crippen LogP contribution in [0, 0.1) is 0 Å². The molecule has 0 aromatic heterocycles. The summed E-state index contributed by atoms with van der Waals surface area (Å²) in [5.41, 5.74) is 1.20. The van der Waals surface area contributed by atoms with Crippen molar-refractivity contribution in [2.75, 3.05) is 13.2 Å². The maximum Gasteiger partial charge on any atom is 0.0826 e. The van der Waals surface area contributed by atoms with E-state index in [0.717, 1.165) is 12.8 Å². The summed E-state index contributed by atoms with van der Waals surface area (Å²) < 4.78 is 5.57. The van der Waals surface area contributed by atoms with Gasteiger partial charge in [0, 0.05) is 0 Å². The van der Waals surface area contributed by atoms with Crippen LogP contribution in [0.3, 0.4) is 0 Å². The van der Waals surface area contributed by atoms with E-state index in [2.05, 4.69) is 19.1 Å². The molecule has 1 N–H and O–H groups in total. The second kappa shape index (κ2) is 6.57. The zero-order chi connectivity index (χ0) is 10.2. The zero-order valence-corrected chi connectivity index (χ0v) is 8.65. The molecule has 0 heterocycles. The van der Waals surface area contributed by atoms with Gasteiger partial charge in [0.15, 0.2) is 0 Å². The summed E-state index contributed by atoms with van der Waals surface area (Å²) >= 11 is 0. The van der Waals surface area contributed by atoms with Crippen molar-refractivity contribution >= 4 is 0 Å². The molecule has 0 spiro atoms. The van der Waals surface area contributed by atoms with E-state index in [1.807, 2.05) is 18.2 Å². The molecule has 0 aliphatic carbocycles. The topological polar surface area (TPSA) is 29.5 Å². The lowest BCUT2D eigenvalue weighted by molar-refractivity contribution is 0.0226. The summed E-state index contributed by atoms with van der Waals surface area (Å²) in [6.45, 7) is 2.64. The van der Waals surface area contributed by atoms with Crippen LogP contribution in [0.1, 0.15) is 31.4 Å². The number of ether oxygens (including phenoxy) is 1. The van der Waals surface area contributed by atoms with Gasteiger partial charge >= 0.3 is 0 Å². The summed E-state index contributed by atoms with van der Waals surface area (Å²) in [6, 6.07) is 10.2. The zero-order valence-electron chi connectivity index (χ0n) is 8.65. The molecule has 14 heavy (non-hydrogen) atoms. The standard InChI is InChI=1S/C12H18O2/c1-2-6-12(14-10-9-13)11-7-4-3-5-8-11/h3-5,7-8,12-13H,2,6,9-10H2,1H3. The fraction of sp³-hybridized carbons (Fsp3) is 0.500. The molecule has 1 rings (SSSR count). The van der Waals surface area contributed by atoms with Gasteiger partial charge in [-0.15, -0.1) is 0 Å². The average Bonchev–Trinajstić information content (AvgIpc) is 2.25. The van der Waals surface area contributed by atoms with Gasteiger partial charge in [-0.25, -0.2) is 0 Å². The molecule has 0 saturated heterocycles. The van der Waals surface area contributed by atoms with Crippen molar-refractivity contribution in [3.63, 3.8) is 0 Å². The van der Waals surface area contributed by atoms with E-state index in [4.69, 9.17) is 9.84 Å². The van der Waals surface area contributed by atoms with Crippen molar-refractivity contribution in [3.8, 4) is 0 Å². The second-order valence-corrected chi connectivity index (χ2v) is 3.28. The van der Waals surface area contributed by atoms with Gasteiger partial charge in [0.05, 0.1) is 19.3 Å². The molecule has 0 aliphatic heterocycles. The highest BCUT2D eigenvalue weighted by atomic mass is 16.5. The van der Waals surface area contributed by atoms with Crippen LogP contribution < -0.4 is 0 Å². The van der Waals surface area contributed by atoms with E-state index in [1.54, 1.807) is 0 Å². The lowest BCUT2D eigenvalue weighted by Gasteiger charge is -2.16. The Morgan fingerprint density at radius 1 is 1.29 bits per heavy atom. The summed E-state index contributed by atoms with van der Waals surface area (Å²) in [6.07, 6.45) is 2.22. The molecule has 1 unspecified atom stereocenters. The Hall–Kier alpha value is -0.860. The lowest BCUT2D eigenvalue weighted by Crippen LogP contribution is -2.07. The molecule has 0 amide bonds. The minimum atomic E-state index is 0.0903. The van der Waals surface area contributed by atoms with Crippen LogP contribution in [-0.4, -0.2) is 18.3 Å². The number of hydrogen-bond donors (Lipinski definition) is 1. The Balaban J connectivity index is 2.58. The van der Waals surface area contributed by atoms with Gasteiger partial charge in [-0.1, -0.05) is 43.7 Å². The summed E-state index contributed by atoms with van der Waals surface area (Å²) in [7, 11) is 0. The van der Waals surface area contributed by atoms with E-state index < -0.39 is 0 Å². The maximum atomic E-state index is 8.71. The first-order chi connectivity index (χ1) is 6.88. The van der Waals surface area contributed by atoms with E-state index in [9.17, 15) is 0 Å². The highest BCUT2D eigenvalue weighted by molar-refractivity contribution is 5.17. The molecule has 0 bridgehead atoms. The van der Waals surface area contributed by atoms with Crippen LogP contribution in [0.5, 0.6) is 0 Å². The van der Waals surface area contributed by atoms with Crippen LogP contribution in [0.15, 0.2) is 30.3 Å². The fourth-order valence-electron chi connectivity index (χ4n) is 1.47. The van der Waals surface area contributed by atoms with Crippen molar-refractivity contribution < 1.29 is 9.84 Å². The molecular weight excluding hydrogens is 176 g/mol. The van der Waals surface area contributed by atoms with Gasteiger partial charge in [0.1, 0.15) is 0 Å².